The number of alkyl halides is 3. The molecule has 0 bridgehead atoms. The van der Waals surface area contributed by atoms with Gasteiger partial charge in [0.25, 0.3) is 0 Å². The van der Waals surface area contributed by atoms with E-state index in [1.165, 1.54) is 41.7 Å². The van der Waals surface area contributed by atoms with Crippen molar-refractivity contribution >= 4 is 35.0 Å². The molecular formula is C22H15Cl2F3N2O4. The first-order chi connectivity index (χ1) is 15.5. The molecule has 2 heterocycles. The van der Waals surface area contributed by atoms with Gasteiger partial charge in [-0.1, -0.05) is 59.6 Å². The number of urea groups is 1. The van der Waals surface area contributed by atoms with E-state index in [9.17, 15) is 27.9 Å². The van der Waals surface area contributed by atoms with E-state index in [1.807, 2.05) is 0 Å². The molecule has 0 saturated carbocycles. The molecule has 33 heavy (non-hydrogen) atoms. The summed E-state index contributed by atoms with van der Waals surface area (Å²) in [4.78, 5) is 25.3. The molecule has 1 saturated heterocycles. The van der Waals surface area contributed by atoms with Crippen molar-refractivity contribution < 1.29 is 32.3 Å². The maximum atomic E-state index is 14.0. The summed E-state index contributed by atoms with van der Waals surface area (Å²) in [6.07, 6.45) is -5.37. The van der Waals surface area contributed by atoms with Gasteiger partial charge in [0, 0.05) is 11.1 Å². The Morgan fingerprint density at radius 1 is 1.03 bits per heavy atom. The predicted molar refractivity (Wildman–Crippen MR) is 114 cm³/mol. The summed E-state index contributed by atoms with van der Waals surface area (Å²) >= 11 is 12.2. The van der Waals surface area contributed by atoms with Gasteiger partial charge in [0.15, 0.2) is 5.78 Å². The van der Waals surface area contributed by atoms with Crippen LogP contribution in [0.1, 0.15) is 22.2 Å². The standard InChI is InChI=1S/C22H15Cl2F3N2O4/c23-13-8-4-7-12(17(13)24)14-9-10-15(33-14)18-16(19(30)11-5-2-1-3-6-11)21(32,22(25,26)27)29-20(31)28-18/h1-10,16,18,32H,(H2,28,29,31). The Morgan fingerprint density at radius 2 is 1.73 bits per heavy atom. The average molecular weight is 499 g/mol. The Hall–Kier alpha value is -3.01. The van der Waals surface area contributed by atoms with Gasteiger partial charge < -0.3 is 20.2 Å². The molecule has 1 aliphatic heterocycles. The average Bonchev–Trinajstić information content (AvgIpc) is 3.24. The molecule has 3 unspecified atom stereocenters. The Bertz CT molecular complexity index is 1220. The number of hydrogen-bond acceptors (Lipinski definition) is 4. The number of ketones is 1. The highest BCUT2D eigenvalue weighted by Gasteiger charge is 2.66. The predicted octanol–water partition coefficient (Wildman–Crippen LogP) is 5.36. The quantitative estimate of drug-likeness (QED) is 0.422. The van der Waals surface area contributed by atoms with Gasteiger partial charge >= 0.3 is 12.2 Å². The van der Waals surface area contributed by atoms with Gasteiger partial charge in [0.2, 0.25) is 5.72 Å². The molecular weight excluding hydrogens is 484 g/mol. The number of benzene rings is 2. The highest BCUT2D eigenvalue weighted by molar-refractivity contribution is 6.43. The first kappa shape index (κ1) is 23.2. The van der Waals surface area contributed by atoms with Crippen LogP contribution in [-0.2, 0) is 0 Å². The number of nitrogens with one attached hydrogen (secondary N) is 2. The maximum Gasteiger partial charge on any atom is 0.437 e. The lowest BCUT2D eigenvalue weighted by molar-refractivity contribution is -0.288. The van der Waals surface area contributed by atoms with Crippen molar-refractivity contribution in [3.05, 3.63) is 82.0 Å². The maximum absolute atomic E-state index is 14.0. The fourth-order valence-corrected chi connectivity index (χ4v) is 4.11. The van der Waals surface area contributed by atoms with Crippen LogP contribution in [0.25, 0.3) is 11.3 Å². The number of aliphatic hydroxyl groups is 1. The van der Waals surface area contributed by atoms with E-state index >= 15 is 0 Å². The Kier molecular flexibility index (Phi) is 5.90. The van der Waals surface area contributed by atoms with Crippen molar-refractivity contribution in [2.75, 3.05) is 0 Å². The van der Waals surface area contributed by atoms with Crippen molar-refractivity contribution in [1.82, 2.24) is 10.6 Å². The zero-order chi connectivity index (χ0) is 24.0. The number of carbonyl (C=O) groups is 2. The number of carbonyl (C=O) groups excluding carboxylic acids is 2. The molecule has 2 amide bonds. The summed E-state index contributed by atoms with van der Waals surface area (Å²) in [7, 11) is 0. The van der Waals surface area contributed by atoms with E-state index in [1.54, 1.807) is 24.3 Å². The lowest BCUT2D eigenvalue weighted by Gasteiger charge is -2.44. The third-order valence-electron chi connectivity index (χ3n) is 5.30. The zero-order valence-corrected chi connectivity index (χ0v) is 18.0. The van der Waals surface area contributed by atoms with Crippen LogP contribution in [0.3, 0.4) is 0 Å². The van der Waals surface area contributed by atoms with Gasteiger partial charge in [-0.2, -0.15) is 13.2 Å². The van der Waals surface area contributed by atoms with Gasteiger partial charge in [-0.3, -0.25) is 4.79 Å². The number of amides is 2. The molecule has 3 aromatic rings. The second-order valence-corrected chi connectivity index (χ2v) is 8.14. The van der Waals surface area contributed by atoms with Crippen molar-refractivity contribution in [3.63, 3.8) is 0 Å². The van der Waals surface area contributed by atoms with E-state index < -0.39 is 35.7 Å². The largest absolute Gasteiger partial charge is 0.459 e. The molecule has 1 fully saturated rings. The van der Waals surface area contributed by atoms with Crippen molar-refractivity contribution in [1.29, 1.82) is 0 Å². The lowest BCUT2D eigenvalue weighted by atomic mass is 9.79. The summed E-state index contributed by atoms with van der Waals surface area (Å²) in [6, 6.07) is 11.6. The smallest absolute Gasteiger partial charge is 0.437 e. The molecule has 0 aliphatic carbocycles. The SMILES string of the molecule is O=C1NC(c2ccc(-c3cccc(Cl)c3Cl)o2)C(C(=O)c2ccccc2)C(O)(C(F)(F)F)N1. The normalized spacial score (nSPS) is 23.0. The first-order valence-electron chi connectivity index (χ1n) is 9.54. The van der Waals surface area contributed by atoms with Crippen LogP contribution in [0.2, 0.25) is 10.0 Å². The Labute approximate surface area is 195 Å². The fraction of sp³-hybridized carbons (Fsp3) is 0.182. The van der Waals surface area contributed by atoms with Crippen molar-refractivity contribution in [3.8, 4) is 11.3 Å². The molecule has 2 aromatic carbocycles. The molecule has 1 aliphatic rings. The summed E-state index contributed by atoms with van der Waals surface area (Å²) in [5, 5.41) is 14.7. The van der Waals surface area contributed by atoms with Crippen LogP contribution in [0.15, 0.2) is 65.1 Å². The topological polar surface area (TPSA) is 91.6 Å². The van der Waals surface area contributed by atoms with Gasteiger partial charge in [0.1, 0.15) is 23.5 Å². The summed E-state index contributed by atoms with van der Waals surface area (Å²) in [5.41, 5.74) is -3.58. The highest BCUT2D eigenvalue weighted by atomic mass is 35.5. The molecule has 6 nitrogen and oxygen atoms in total. The minimum atomic E-state index is -5.37. The Balaban J connectivity index is 1.83. The van der Waals surface area contributed by atoms with Crippen LogP contribution in [0.4, 0.5) is 18.0 Å². The van der Waals surface area contributed by atoms with Gasteiger partial charge in [-0.25, -0.2) is 4.79 Å². The minimum Gasteiger partial charge on any atom is -0.459 e. The molecule has 4 rings (SSSR count). The first-order valence-corrected chi connectivity index (χ1v) is 10.3. The van der Waals surface area contributed by atoms with E-state index in [2.05, 4.69) is 5.32 Å². The molecule has 0 radical (unpaired) electrons. The van der Waals surface area contributed by atoms with Gasteiger partial charge in [-0.15, -0.1) is 0 Å². The second-order valence-electron chi connectivity index (χ2n) is 7.35. The minimum absolute atomic E-state index is 0.0854. The van der Waals surface area contributed by atoms with Crippen molar-refractivity contribution in [2.24, 2.45) is 5.92 Å². The van der Waals surface area contributed by atoms with Gasteiger partial charge in [0.05, 0.1) is 10.0 Å². The van der Waals surface area contributed by atoms with E-state index in [4.69, 9.17) is 27.6 Å². The summed E-state index contributed by atoms with van der Waals surface area (Å²) in [5.74, 6) is -3.29. The molecule has 0 spiro atoms. The monoisotopic (exact) mass is 498 g/mol. The number of Topliss-reactive ketones (excluding diaryl/α,β-unsaturated/α-hetero) is 1. The third kappa shape index (κ3) is 4.07. The summed E-state index contributed by atoms with van der Waals surface area (Å²) in [6.45, 7) is 0. The van der Waals surface area contributed by atoms with E-state index in [-0.39, 0.29) is 27.1 Å². The lowest BCUT2D eigenvalue weighted by Crippen LogP contribution is -2.72. The Morgan fingerprint density at radius 3 is 2.39 bits per heavy atom. The van der Waals surface area contributed by atoms with Gasteiger partial charge in [-0.05, 0) is 24.3 Å². The van der Waals surface area contributed by atoms with Crippen molar-refractivity contribution in [2.45, 2.75) is 17.9 Å². The van der Waals surface area contributed by atoms with E-state index in [0.29, 0.717) is 5.56 Å². The van der Waals surface area contributed by atoms with Crippen LogP contribution in [-0.4, -0.2) is 28.8 Å². The fourth-order valence-electron chi connectivity index (χ4n) is 3.72. The molecule has 11 heteroatoms. The van der Waals surface area contributed by atoms with Crippen LogP contribution >= 0.6 is 23.2 Å². The van der Waals surface area contributed by atoms with E-state index in [0.717, 1.165) is 0 Å². The highest BCUT2D eigenvalue weighted by Crippen LogP contribution is 2.45. The second kappa shape index (κ2) is 8.40. The number of furan rings is 1. The molecule has 172 valence electrons. The summed E-state index contributed by atoms with van der Waals surface area (Å²) < 4.78 is 47.6. The van der Waals surface area contributed by atoms with Crippen LogP contribution < -0.4 is 10.6 Å². The van der Waals surface area contributed by atoms with Crippen LogP contribution in [0, 0.1) is 5.92 Å². The molecule has 1 aromatic heterocycles. The number of rotatable bonds is 4. The number of hydrogen-bond donors (Lipinski definition) is 3. The zero-order valence-electron chi connectivity index (χ0n) is 16.5. The molecule has 3 N–H and O–H groups in total. The van der Waals surface area contributed by atoms with Crippen LogP contribution in [0.5, 0.6) is 0 Å². The third-order valence-corrected chi connectivity index (χ3v) is 6.12. The number of halogens is 5. The molecule has 3 atom stereocenters.